The van der Waals surface area contributed by atoms with E-state index < -0.39 is 0 Å². The Morgan fingerprint density at radius 1 is 1.17 bits per heavy atom. The summed E-state index contributed by atoms with van der Waals surface area (Å²) in [7, 11) is 1.95. The van der Waals surface area contributed by atoms with Gasteiger partial charge >= 0.3 is 0 Å². The summed E-state index contributed by atoms with van der Waals surface area (Å²) in [5.74, 6) is 0. The zero-order chi connectivity index (χ0) is 12.7. The third-order valence-electron chi connectivity index (χ3n) is 3.37. The van der Waals surface area contributed by atoms with Crippen molar-refractivity contribution in [3.05, 3.63) is 35.2 Å². The maximum absolute atomic E-state index is 6.33. The van der Waals surface area contributed by atoms with Crippen LogP contribution in [-0.4, -0.2) is 13.1 Å². The molecule has 0 aliphatic heterocycles. The van der Waals surface area contributed by atoms with Crippen molar-refractivity contribution in [3.8, 4) is 0 Å². The second-order valence-corrected chi connectivity index (χ2v) is 4.89. The van der Waals surface area contributed by atoms with E-state index in [4.69, 9.17) is 20.4 Å². The summed E-state index contributed by atoms with van der Waals surface area (Å²) in [5, 5.41) is 5.81. The molecule has 0 saturated carbocycles. The van der Waals surface area contributed by atoms with Gasteiger partial charge in [-0.2, -0.15) is 0 Å². The number of benzene rings is 1. The van der Waals surface area contributed by atoms with Crippen molar-refractivity contribution in [2.75, 3.05) is 7.05 Å². The van der Waals surface area contributed by atoms with E-state index in [1.807, 2.05) is 19.2 Å². The molecular weight excluding hydrogens is 250 g/mol. The third-order valence-corrected chi connectivity index (χ3v) is 3.74. The molecule has 3 aromatic rings. The average molecular weight is 264 g/mol. The molecule has 0 bridgehead atoms. The van der Waals surface area contributed by atoms with Crippen molar-refractivity contribution < 1.29 is 8.83 Å². The molecule has 0 radical (unpaired) electrons. The van der Waals surface area contributed by atoms with Gasteiger partial charge in [-0.15, -0.1) is 0 Å². The highest BCUT2D eigenvalue weighted by Crippen LogP contribution is 2.37. The van der Waals surface area contributed by atoms with E-state index in [-0.39, 0.29) is 0 Å². The second kappa shape index (κ2) is 4.34. The lowest BCUT2D eigenvalue weighted by molar-refractivity contribution is 0.585. The van der Waals surface area contributed by atoms with Crippen LogP contribution in [0.15, 0.2) is 33.5 Å². The van der Waals surface area contributed by atoms with Crippen LogP contribution in [0, 0.1) is 0 Å². The number of halogens is 1. The molecule has 0 amide bonds. The Hall–Kier alpha value is -1.45. The predicted molar refractivity (Wildman–Crippen MR) is 73.2 cm³/mol. The standard InChI is InChI=1S/C14H14ClNO2/c1-8(16-2)7-11-9-3-5-18-14(9)12(15)10-4-6-17-13(10)11/h3-6,8,16H,7H2,1-2H3. The van der Waals surface area contributed by atoms with Gasteiger partial charge in [-0.05, 0) is 32.5 Å². The molecule has 2 aromatic heterocycles. The Bertz CT molecular complexity index is 647. The molecule has 18 heavy (non-hydrogen) atoms. The van der Waals surface area contributed by atoms with Gasteiger partial charge in [-0.3, -0.25) is 0 Å². The number of hydrogen-bond donors (Lipinski definition) is 1. The van der Waals surface area contributed by atoms with Crippen molar-refractivity contribution in [3.63, 3.8) is 0 Å². The zero-order valence-electron chi connectivity index (χ0n) is 10.3. The van der Waals surface area contributed by atoms with Gasteiger partial charge in [0.2, 0.25) is 0 Å². The number of hydrogen-bond acceptors (Lipinski definition) is 3. The van der Waals surface area contributed by atoms with Crippen LogP contribution in [0.2, 0.25) is 5.02 Å². The molecule has 1 unspecified atom stereocenters. The summed E-state index contributed by atoms with van der Waals surface area (Å²) in [6.45, 7) is 2.13. The number of rotatable bonds is 3. The van der Waals surface area contributed by atoms with Gasteiger partial charge in [0.15, 0.2) is 5.58 Å². The maximum Gasteiger partial charge on any atom is 0.153 e. The number of nitrogens with one attached hydrogen (secondary N) is 1. The van der Waals surface area contributed by atoms with E-state index in [1.165, 1.54) is 0 Å². The fraction of sp³-hybridized carbons (Fsp3) is 0.286. The van der Waals surface area contributed by atoms with Gasteiger partial charge in [0.25, 0.3) is 0 Å². The third kappa shape index (κ3) is 1.62. The largest absolute Gasteiger partial charge is 0.464 e. The van der Waals surface area contributed by atoms with Crippen LogP contribution in [0.1, 0.15) is 12.5 Å². The average Bonchev–Trinajstić information content (AvgIpc) is 3.02. The summed E-state index contributed by atoms with van der Waals surface area (Å²) < 4.78 is 11.1. The molecule has 94 valence electrons. The lowest BCUT2D eigenvalue weighted by atomic mass is 10.0. The van der Waals surface area contributed by atoms with E-state index in [2.05, 4.69) is 12.2 Å². The van der Waals surface area contributed by atoms with Crippen LogP contribution in [0.3, 0.4) is 0 Å². The highest BCUT2D eigenvalue weighted by Gasteiger charge is 2.18. The van der Waals surface area contributed by atoms with Gasteiger partial charge in [-0.1, -0.05) is 11.6 Å². The van der Waals surface area contributed by atoms with Gasteiger partial charge in [0.1, 0.15) is 5.58 Å². The van der Waals surface area contributed by atoms with Crippen LogP contribution in [-0.2, 0) is 6.42 Å². The van der Waals surface area contributed by atoms with Crippen molar-refractivity contribution in [1.29, 1.82) is 0 Å². The van der Waals surface area contributed by atoms with E-state index in [9.17, 15) is 0 Å². The summed E-state index contributed by atoms with van der Waals surface area (Å²) in [6, 6.07) is 4.19. The van der Waals surface area contributed by atoms with Crippen LogP contribution in [0.4, 0.5) is 0 Å². The Morgan fingerprint density at radius 3 is 2.56 bits per heavy atom. The molecule has 1 atom stereocenters. The van der Waals surface area contributed by atoms with Crippen LogP contribution in [0.25, 0.3) is 21.9 Å². The number of fused-ring (bicyclic) bond motifs is 2. The SMILES string of the molecule is CNC(C)Cc1c2ccoc2c(Cl)c2ccoc12. The molecule has 0 saturated heterocycles. The van der Waals surface area contributed by atoms with E-state index in [0.717, 1.165) is 33.9 Å². The molecule has 0 aliphatic carbocycles. The fourth-order valence-corrected chi connectivity index (χ4v) is 2.58. The van der Waals surface area contributed by atoms with E-state index in [1.54, 1.807) is 12.5 Å². The van der Waals surface area contributed by atoms with Gasteiger partial charge < -0.3 is 14.2 Å². The summed E-state index contributed by atoms with van der Waals surface area (Å²) >= 11 is 6.33. The van der Waals surface area contributed by atoms with Crippen molar-refractivity contribution >= 4 is 33.5 Å². The highest BCUT2D eigenvalue weighted by molar-refractivity contribution is 6.40. The molecule has 1 aromatic carbocycles. The first-order chi connectivity index (χ1) is 8.72. The Balaban J connectivity index is 2.33. The molecule has 3 nitrogen and oxygen atoms in total. The molecule has 0 fully saturated rings. The molecule has 0 spiro atoms. The topological polar surface area (TPSA) is 38.3 Å². The summed E-state index contributed by atoms with van der Waals surface area (Å²) in [6.07, 6.45) is 4.21. The fourth-order valence-electron chi connectivity index (χ4n) is 2.29. The lowest BCUT2D eigenvalue weighted by Crippen LogP contribution is -2.23. The summed E-state index contributed by atoms with van der Waals surface area (Å²) in [5.41, 5.74) is 2.74. The van der Waals surface area contributed by atoms with Crippen LogP contribution >= 0.6 is 11.6 Å². The minimum absolute atomic E-state index is 0.359. The van der Waals surface area contributed by atoms with Crippen molar-refractivity contribution in [2.24, 2.45) is 0 Å². The maximum atomic E-state index is 6.33. The van der Waals surface area contributed by atoms with Crippen molar-refractivity contribution in [1.82, 2.24) is 5.32 Å². The Morgan fingerprint density at radius 2 is 1.83 bits per heavy atom. The van der Waals surface area contributed by atoms with E-state index >= 15 is 0 Å². The van der Waals surface area contributed by atoms with Gasteiger partial charge in [0, 0.05) is 22.4 Å². The van der Waals surface area contributed by atoms with Crippen molar-refractivity contribution in [2.45, 2.75) is 19.4 Å². The minimum Gasteiger partial charge on any atom is -0.464 e. The second-order valence-electron chi connectivity index (χ2n) is 4.51. The van der Waals surface area contributed by atoms with E-state index in [0.29, 0.717) is 11.1 Å². The molecule has 4 heteroatoms. The van der Waals surface area contributed by atoms with Gasteiger partial charge in [0.05, 0.1) is 17.5 Å². The first-order valence-corrected chi connectivity index (χ1v) is 6.32. The molecule has 2 heterocycles. The highest BCUT2D eigenvalue weighted by atomic mass is 35.5. The molecule has 0 aliphatic rings. The smallest absolute Gasteiger partial charge is 0.153 e. The monoisotopic (exact) mass is 263 g/mol. The summed E-state index contributed by atoms with van der Waals surface area (Å²) in [4.78, 5) is 0. The zero-order valence-corrected chi connectivity index (χ0v) is 11.0. The minimum atomic E-state index is 0.359. The number of likely N-dealkylation sites (N-methyl/N-ethyl adjacent to an activating group) is 1. The predicted octanol–water partition coefficient (Wildman–Crippen LogP) is 3.98. The van der Waals surface area contributed by atoms with Crippen LogP contribution in [0.5, 0.6) is 0 Å². The van der Waals surface area contributed by atoms with Gasteiger partial charge in [-0.25, -0.2) is 0 Å². The first-order valence-electron chi connectivity index (χ1n) is 5.94. The molecular formula is C14H14ClNO2. The normalized spacial score (nSPS) is 13.5. The molecule has 1 N–H and O–H groups in total. The number of furan rings is 2. The first kappa shape index (κ1) is 11.6. The van der Waals surface area contributed by atoms with Crippen LogP contribution < -0.4 is 5.32 Å². The Kier molecular flexibility index (Phi) is 2.80. The quantitative estimate of drug-likeness (QED) is 0.777. The molecule has 3 rings (SSSR count). The Labute approximate surface area is 110 Å². The lowest BCUT2D eigenvalue weighted by Gasteiger charge is -2.11.